The van der Waals surface area contributed by atoms with E-state index < -0.39 is 10.0 Å². The van der Waals surface area contributed by atoms with E-state index in [-0.39, 0.29) is 29.4 Å². The van der Waals surface area contributed by atoms with Gasteiger partial charge in [-0.2, -0.15) is 0 Å². The van der Waals surface area contributed by atoms with Gasteiger partial charge in [-0.05, 0) is 55.3 Å². The molecule has 0 radical (unpaired) electrons. The molecule has 0 aliphatic rings. The van der Waals surface area contributed by atoms with Crippen LogP contribution in [0.5, 0.6) is 0 Å². The van der Waals surface area contributed by atoms with E-state index in [2.05, 4.69) is 10.0 Å². The number of hydrogen-bond donors (Lipinski definition) is 2. The largest absolute Gasteiger partial charge is 0.326 e. The quantitative estimate of drug-likeness (QED) is 0.451. The van der Waals surface area contributed by atoms with Crippen LogP contribution in [-0.4, -0.2) is 20.1 Å². The monoisotopic (exact) mass is 450 g/mol. The summed E-state index contributed by atoms with van der Waals surface area (Å²) in [5.74, 6) is -0.361. The van der Waals surface area contributed by atoms with Gasteiger partial charge < -0.3 is 5.32 Å². The van der Waals surface area contributed by atoms with Crippen molar-refractivity contribution in [2.24, 2.45) is 0 Å². The van der Waals surface area contributed by atoms with Crippen LogP contribution in [0.4, 0.5) is 11.4 Å². The minimum absolute atomic E-state index is 0.0656. The highest BCUT2D eigenvalue weighted by atomic mass is 32.2. The molecule has 0 spiro atoms. The molecule has 0 heterocycles. The summed E-state index contributed by atoms with van der Waals surface area (Å²) >= 11 is 0. The third kappa shape index (κ3) is 6.28. The molecule has 3 aromatic rings. The highest BCUT2D eigenvalue weighted by Crippen LogP contribution is 2.19. The summed E-state index contributed by atoms with van der Waals surface area (Å²) in [6, 6.07) is 20.3. The number of ketones is 1. The van der Waals surface area contributed by atoms with Crippen molar-refractivity contribution >= 4 is 33.1 Å². The Kier molecular flexibility index (Phi) is 7.43. The minimum atomic E-state index is -3.69. The Morgan fingerprint density at radius 1 is 0.781 bits per heavy atom. The fraction of sp³-hybridized carbons (Fsp3) is 0.200. The normalized spacial score (nSPS) is 11.1. The van der Waals surface area contributed by atoms with Crippen molar-refractivity contribution in [1.29, 1.82) is 0 Å². The summed E-state index contributed by atoms with van der Waals surface area (Å²) < 4.78 is 27.4. The van der Waals surface area contributed by atoms with Crippen LogP contribution in [0.2, 0.25) is 0 Å². The van der Waals surface area contributed by atoms with Gasteiger partial charge in [0.25, 0.3) is 10.0 Å². The lowest BCUT2D eigenvalue weighted by molar-refractivity contribution is -0.116. The second-order valence-corrected chi connectivity index (χ2v) is 9.20. The Morgan fingerprint density at radius 3 is 1.97 bits per heavy atom. The molecule has 0 bridgehead atoms. The summed E-state index contributed by atoms with van der Waals surface area (Å²) in [4.78, 5) is 24.6. The second-order valence-electron chi connectivity index (χ2n) is 7.52. The lowest BCUT2D eigenvalue weighted by Gasteiger charge is -2.10. The fourth-order valence-electron chi connectivity index (χ4n) is 3.07. The van der Waals surface area contributed by atoms with Crippen molar-refractivity contribution in [2.75, 3.05) is 10.0 Å². The number of rotatable bonds is 9. The lowest BCUT2D eigenvalue weighted by atomic mass is 10.0. The molecule has 0 aromatic heterocycles. The summed E-state index contributed by atoms with van der Waals surface area (Å²) in [5.41, 5.74) is 3.63. The average Bonchev–Trinajstić information content (AvgIpc) is 2.79. The van der Waals surface area contributed by atoms with Crippen molar-refractivity contribution in [2.45, 2.75) is 38.0 Å². The Hall–Kier alpha value is -3.45. The van der Waals surface area contributed by atoms with Gasteiger partial charge in [0.15, 0.2) is 5.78 Å². The van der Waals surface area contributed by atoms with E-state index in [0.29, 0.717) is 16.9 Å². The van der Waals surface area contributed by atoms with Gasteiger partial charge in [-0.25, -0.2) is 8.42 Å². The number of hydrogen-bond acceptors (Lipinski definition) is 4. The summed E-state index contributed by atoms with van der Waals surface area (Å²) in [6.45, 7) is 3.93. The molecule has 0 atom stereocenters. The first kappa shape index (κ1) is 23.2. The standard InChI is InChI=1S/C25H26N2O4S/c1-3-19-6-8-20(9-7-19)24(28)16-17-25(29)26-21-10-12-22(13-11-21)27-32(30,31)23-14-4-18(2)5-15-23/h4-15,27H,3,16-17H2,1-2H3,(H,26,29). The zero-order valence-electron chi connectivity index (χ0n) is 18.1. The van der Waals surface area contributed by atoms with Crippen LogP contribution in [0.1, 0.15) is 41.3 Å². The summed E-state index contributed by atoms with van der Waals surface area (Å²) in [6.07, 6.45) is 1.09. The van der Waals surface area contributed by atoms with Crippen LogP contribution in [0.25, 0.3) is 0 Å². The van der Waals surface area contributed by atoms with E-state index in [1.165, 1.54) is 0 Å². The average molecular weight is 451 g/mol. The number of nitrogens with one attached hydrogen (secondary N) is 2. The Bertz CT molecular complexity index is 1180. The van der Waals surface area contributed by atoms with E-state index in [1.807, 2.05) is 26.0 Å². The predicted molar refractivity (Wildman–Crippen MR) is 126 cm³/mol. The van der Waals surface area contributed by atoms with Gasteiger partial charge in [0, 0.05) is 29.8 Å². The molecule has 0 aliphatic heterocycles. The maximum Gasteiger partial charge on any atom is 0.261 e. The first-order chi connectivity index (χ1) is 15.3. The molecule has 2 N–H and O–H groups in total. The maximum absolute atomic E-state index is 12.5. The number of aryl methyl sites for hydroxylation is 2. The molecule has 1 amide bonds. The van der Waals surface area contributed by atoms with Gasteiger partial charge in [-0.1, -0.05) is 48.9 Å². The molecule has 0 unspecified atom stereocenters. The number of sulfonamides is 1. The molecule has 3 rings (SSSR count). The topological polar surface area (TPSA) is 92.3 Å². The first-order valence-corrected chi connectivity index (χ1v) is 11.9. The maximum atomic E-state index is 12.5. The Morgan fingerprint density at radius 2 is 1.38 bits per heavy atom. The number of carbonyl (C=O) groups excluding carboxylic acids is 2. The molecule has 0 saturated heterocycles. The van der Waals surface area contributed by atoms with E-state index in [0.717, 1.165) is 17.5 Å². The van der Waals surface area contributed by atoms with Gasteiger partial charge in [0.1, 0.15) is 0 Å². The Balaban J connectivity index is 1.52. The van der Waals surface area contributed by atoms with Crippen molar-refractivity contribution < 1.29 is 18.0 Å². The molecule has 0 aliphatic carbocycles. The van der Waals surface area contributed by atoms with E-state index >= 15 is 0 Å². The molecule has 0 fully saturated rings. The molecule has 3 aromatic carbocycles. The number of Topliss-reactive ketones (excluding diaryl/α,β-unsaturated/α-hetero) is 1. The van der Waals surface area contributed by atoms with Crippen molar-refractivity contribution in [1.82, 2.24) is 0 Å². The molecule has 7 heteroatoms. The number of benzene rings is 3. The second kappa shape index (κ2) is 10.2. The number of anilines is 2. The fourth-order valence-corrected chi connectivity index (χ4v) is 4.13. The highest BCUT2D eigenvalue weighted by Gasteiger charge is 2.14. The first-order valence-electron chi connectivity index (χ1n) is 10.4. The van der Waals surface area contributed by atoms with Crippen LogP contribution >= 0.6 is 0 Å². The van der Waals surface area contributed by atoms with E-state index in [4.69, 9.17) is 0 Å². The van der Waals surface area contributed by atoms with Crippen LogP contribution < -0.4 is 10.0 Å². The molecular weight excluding hydrogens is 424 g/mol. The zero-order valence-corrected chi connectivity index (χ0v) is 18.9. The van der Waals surface area contributed by atoms with Crippen LogP contribution in [0.3, 0.4) is 0 Å². The number of carbonyl (C=O) groups is 2. The minimum Gasteiger partial charge on any atom is -0.326 e. The molecular formula is C25H26N2O4S. The van der Waals surface area contributed by atoms with Gasteiger partial charge in [0.05, 0.1) is 4.90 Å². The Labute approximate surface area is 188 Å². The van der Waals surface area contributed by atoms with Gasteiger partial charge in [0.2, 0.25) is 5.91 Å². The molecule has 32 heavy (non-hydrogen) atoms. The third-order valence-electron chi connectivity index (χ3n) is 5.02. The van der Waals surface area contributed by atoms with Crippen LogP contribution in [0, 0.1) is 6.92 Å². The molecule has 0 saturated carbocycles. The highest BCUT2D eigenvalue weighted by molar-refractivity contribution is 7.92. The molecule has 166 valence electrons. The number of amides is 1. The SMILES string of the molecule is CCc1ccc(C(=O)CCC(=O)Nc2ccc(NS(=O)(=O)c3ccc(C)cc3)cc2)cc1. The smallest absolute Gasteiger partial charge is 0.261 e. The lowest BCUT2D eigenvalue weighted by Crippen LogP contribution is -2.14. The van der Waals surface area contributed by atoms with E-state index in [1.54, 1.807) is 60.7 Å². The zero-order chi connectivity index (χ0) is 23.1. The van der Waals surface area contributed by atoms with Gasteiger partial charge in [-0.3, -0.25) is 14.3 Å². The van der Waals surface area contributed by atoms with Gasteiger partial charge >= 0.3 is 0 Å². The summed E-state index contributed by atoms with van der Waals surface area (Å²) in [5, 5.41) is 2.73. The third-order valence-corrected chi connectivity index (χ3v) is 6.41. The predicted octanol–water partition coefficient (Wildman–Crippen LogP) is 4.96. The van der Waals surface area contributed by atoms with E-state index in [9.17, 15) is 18.0 Å². The van der Waals surface area contributed by atoms with Gasteiger partial charge in [-0.15, -0.1) is 0 Å². The molecule has 6 nitrogen and oxygen atoms in total. The van der Waals surface area contributed by atoms with Crippen LogP contribution in [0.15, 0.2) is 77.7 Å². The summed E-state index contributed by atoms with van der Waals surface area (Å²) in [7, 11) is -3.69. The van der Waals surface area contributed by atoms with Crippen molar-refractivity contribution in [3.63, 3.8) is 0 Å². The van der Waals surface area contributed by atoms with Crippen molar-refractivity contribution in [3.8, 4) is 0 Å². The van der Waals surface area contributed by atoms with Crippen LogP contribution in [-0.2, 0) is 21.2 Å². The van der Waals surface area contributed by atoms with Crippen molar-refractivity contribution in [3.05, 3.63) is 89.5 Å².